The number of hydrogen-bond acceptors (Lipinski definition) is 3. The first kappa shape index (κ1) is 16.5. The molecule has 25 heavy (non-hydrogen) atoms. The van der Waals surface area contributed by atoms with E-state index < -0.39 is 0 Å². The second-order valence-electron chi connectivity index (χ2n) is 7.61. The lowest BCUT2D eigenvalue weighted by atomic mass is 9.78. The molecule has 4 rings (SSSR count). The van der Waals surface area contributed by atoms with Crippen molar-refractivity contribution in [3.05, 3.63) is 60.2 Å². The molecule has 2 saturated heterocycles. The van der Waals surface area contributed by atoms with Crippen LogP contribution >= 0.6 is 0 Å². The van der Waals surface area contributed by atoms with E-state index in [1.54, 1.807) is 6.07 Å². The summed E-state index contributed by atoms with van der Waals surface area (Å²) < 4.78 is 0. The van der Waals surface area contributed by atoms with Gasteiger partial charge < -0.3 is 10.0 Å². The average molecular weight is 336 g/mol. The number of hydrogen-bond donors (Lipinski definition) is 1. The van der Waals surface area contributed by atoms with Crippen molar-refractivity contribution in [3.8, 4) is 5.75 Å². The number of aromatic hydroxyl groups is 1. The fraction of sp³-hybridized carbons (Fsp3) is 0.455. The predicted octanol–water partition coefficient (Wildman–Crippen LogP) is 4.42. The van der Waals surface area contributed by atoms with Crippen molar-refractivity contribution in [3.63, 3.8) is 0 Å². The van der Waals surface area contributed by atoms with E-state index in [1.165, 1.54) is 43.4 Å². The molecule has 2 aliphatic heterocycles. The maximum Gasteiger partial charge on any atom is 0.117 e. The minimum Gasteiger partial charge on any atom is -0.508 e. The van der Waals surface area contributed by atoms with Crippen LogP contribution in [0, 0.1) is 0 Å². The summed E-state index contributed by atoms with van der Waals surface area (Å²) in [5.74, 6) is 0.375. The van der Waals surface area contributed by atoms with Crippen LogP contribution in [0.25, 0.3) is 0 Å². The molecular formula is C22H28N2O. The first-order chi connectivity index (χ1) is 12.3. The summed E-state index contributed by atoms with van der Waals surface area (Å²) in [7, 11) is 0. The van der Waals surface area contributed by atoms with Crippen molar-refractivity contribution < 1.29 is 5.11 Å². The Morgan fingerprint density at radius 2 is 1.64 bits per heavy atom. The second kappa shape index (κ2) is 7.09. The van der Waals surface area contributed by atoms with E-state index in [9.17, 15) is 5.11 Å². The van der Waals surface area contributed by atoms with Crippen molar-refractivity contribution in [2.75, 3.05) is 24.5 Å². The van der Waals surface area contributed by atoms with Gasteiger partial charge in [-0.3, -0.25) is 4.90 Å². The largest absolute Gasteiger partial charge is 0.508 e. The van der Waals surface area contributed by atoms with Gasteiger partial charge in [0.2, 0.25) is 0 Å². The van der Waals surface area contributed by atoms with Crippen molar-refractivity contribution >= 4 is 5.69 Å². The molecular weight excluding hydrogens is 308 g/mol. The topological polar surface area (TPSA) is 26.7 Å². The maximum absolute atomic E-state index is 9.90. The zero-order chi connectivity index (χ0) is 17.1. The number of likely N-dealkylation sites (tertiary alicyclic amines) is 1. The summed E-state index contributed by atoms with van der Waals surface area (Å²) in [4.78, 5) is 5.19. The lowest BCUT2D eigenvalue weighted by Crippen LogP contribution is -2.57. The third-order valence-corrected chi connectivity index (χ3v) is 6.02. The van der Waals surface area contributed by atoms with Gasteiger partial charge in [0.25, 0.3) is 0 Å². The number of rotatable bonds is 3. The van der Waals surface area contributed by atoms with Gasteiger partial charge in [0.15, 0.2) is 0 Å². The highest BCUT2D eigenvalue weighted by atomic mass is 16.3. The fourth-order valence-corrected chi connectivity index (χ4v) is 4.65. The summed E-state index contributed by atoms with van der Waals surface area (Å²) in [5.41, 5.74) is 2.88. The van der Waals surface area contributed by atoms with E-state index in [2.05, 4.69) is 46.2 Å². The molecule has 3 nitrogen and oxygen atoms in total. The van der Waals surface area contributed by atoms with Gasteiger partial charge in [-0.1, -0.05) is 36.4 Å². The summed E-state index contributed by atoms with van der Waals surface area (Å²) in [5, 5.41) is 9.90. The predicted molar refractivity (Wildman–Crippen MR) is 103 cm³/mol. The summed E-state index contributed by atoms with van der Waals surface area (Å²) in [6, 6.07) is 18.6. The molecule has 0 atom stereocenters. The highest BCUT2D eigenvalue weighted by Gasteiger charge is 2.41. The molecule has 2 aromatic carbocycles. The lowest BCUT2D eigenvalue weighted by molar-refractivity contribution is 0.130. The van der Waals surface area contributed by atoms with Crippen LogP contribution in [0.3, 0.4) is 0 Å². The summed E-state index contributed by atoms with van der Waals surface area (Å²) >= 11 is 0. The first-order valence-corrected chi connectivity index (χ1v) is 9.58. The molecule has 0 aromatic heterocycles. The Balaban J connectivity index is 1.47. The van der Waals surface area contributed by atoms with Gasteiger partial charge >= 0.3 is 0 Å². The Kier molecular flexibility index (Phi) is 4.67. The van der Waals surface area contributed by atoms with Gasteiger partial charge in [-0.15, -0.1) is 0 Å². The number of anilines is 1. The highest BCUT2D eigenvalue weighted by molar-refractivity contribution is 5.53. The zero-order valence-corrected chi connectivity index (χ0v) is 14.9. The van der Waals surface area contributed by atoms with Crippen molar-refractivity contribution in [2.45, 2.75) is 44.2 Å². The number of nitrogens with zero attached hydrogens (tertiary/aromatic N) is 2. The minimum absolute atomic E-state index is 0.277. The minimum atomic E-state index is 0.277. The molecule has 132 valence electrons. The van der Waals surface area contributed by atoms with Crippen molar-refractivity contribution in [1.82, 2.24) is 4.90 Å². The van der Waals surface area contributed by atoms with E-state index in [0.29, 0.717) is 5.75 Å². The van der Waals surface area contributed by atoms with Crippen LogP contribution in [0.15, 0.2) is 54.6 Å². The molecule has 2 aliphatic rings. The molecule has 3 heteroatoms. The maximum atomic E-state index is 9.90. The van der Waals surface area contributed by atoms with E-state index in [-0.39, 0.29) is 5.54 Å². The SMILES string of the molecule is Oc1cccc(N2CCCCC23CCN(Cc2ccccc2)CC3)c1. The fourth-order valence-electron chi connectivity index (χ4n) is 4.65. The molecule has 2 aromatic rings. The number of piperidine rings is 2. The van der Waals surface area contributed by atoms with Gasteiger partial charge in [0.1, 0.15) is 5.75 Å². The van der Waals surface area contributed by atoms with Gasteiger partial charge in [0, 0.05) is 43.5 Å². The molecule has 0 bridgehead atoms. The van der Waals surface area contributed by atoms with Crippen molar-refractivity contribution in [2.24, 2.45) is 0 Å². The van der Waals surface area contributed by atoms with Crippen LogP contribution in [-0.2, 0) is 6.54 Å². The van der Waals surface area contributed by atoms with Gasteiger partial charge in [-0.05, 0) is 49.8 Å². The molecule has 0 radical (unpaired) electrons. The second-order valence-corrected chi connectivity index (χ2v) is 7.61. The normalized spacial score (nSPS) is 20.7. The Bertz CT molecular complexity index is 692. The lowest BCUT2D eigenvalue weighted by Gasteiger charge is -2.53. The van der Waals surface area contributed by atoms with E-state index in [0.717, 1.165) is 26.2 Å². The van der Waals surface area contributed by atoms with Gasteiger partial charge in [-0.25, -0.2) is 0 Å². The zero-order valence-electron chi connectivity index (χ0n) is 14.9. The van der Waals surface area contributed by atoms with E-state index in [1.807, 2.05) is 12.1 Å². The van der Waals surface area contributed by atoms with Crippen LogP contribution in [0.2, 0.25) is 0 Å². The van der Waals surface area contributed by atoms with Crippen LogP contribution in [0.5, 0.6) is 5.75 Å². The summed E-state index contributed by atoms with van der Waals surface area (Å²) in [6.45, 7) is 4.49. The van der Waals surface area contributed by atoms with Crippen molar-refractivity contribution in [1.29, 1.82) is 0 Å². The molecule has 0 aliphatic carbocycles. The van der Waals surface area contributed by atoms with Gasteiger partial charge in [0.05, 0.1) is 0 Å². The molecule has 0 saturated carbocycles. The van der Waals surface area contributed by atoms with Crippen LogP contribution < -0.4 is 4.90 Å². The number of benzene rings is 2. The molecule has 0 unspecified atom stereocenters. The third kappa shape index (κ3) is 3.52. The van der Waals surface area contributed by atoms with Crippen LogP contribution in [0.1, 0.15) is 37.7 Å². The van der Waals surface area contributed by atoms with E-state index in [4.69, 9.17) is 0 Å². The molecule has 2 heterocycles. The molecule has 0 amide bonds. The standard InChI is InChI=1S/C22H28N2O/c25-21-10-6-9-20(17-21)24-14-5-4-11-22(24)12-15-23(16-13-22)18-19-7-2-1-3-8-19/h1-3,6-10,17,25H,4-5,11-16,18H2. The molecule has 1 spiro atoms. The van der Waals surface area contributed by atoms with Crippen LogP contribution in [0.4, 0.5) is 5.69 Å². The Labute approximate surface area is 150 Å². The first-order valence-electron chi connectivity index (χ1n) is 9.58. The van der Waals surface area contributed by atoms with Gasteiger partial charge in [-0.2, -0.15) is 0 Å². The third-order valence-electron chi connectivity index (χ3n) is 6.02. The average Bonchev–Trinajstić information content (AvgIpc) is 2.65. The molecule has 1 N–H and O–H groups in total. The summed E-state index contributed by atoms with van der Waals surface area (Å²) in [6.07, 6.45) is 6.30. The Morgan fingerprint density at radius 1 is 0.840 bits per heavy atom. The molecule has 2 fully saturated rings. The smallest absolute Gasteiger partial charge is 0.117 e. The number of phenolic OH excluding ortho intramolecular Hbond substituents is 1. The van der Waals surface area contributed by atoms with Crippen LogP contribution in [-0.4, -0.2) is 35.2 Å². The Hall–Kier alpha value is -2.00. The quantitative estimate of drug-likeness (QED) is 0.899. The monoisotopic (exact) mass is 336 g/mol. The Morgan fingerprint density at radius 3 is 2.40 bits per heavy atom. The van der Waals surface area contributed by atoms with E-state index >= 15 is 0 Å². The highest BCUT2D eigenvalue weighted by Crippen LogP contribution is 2.41. The number of phenols is 1.